The maximum atomic E-state index is 12.8. The summed E-state index contributed by atoms with van der Waals surface area (Å²) in [6, 6.07) is 4.01. The largest absolute Gasteiger partial charge is 0.348 e. The highest BCUT2D eigenvalue weighted by Crippen LogP contribution is 2.17. The number of aryl methyl sites for hydroxylation is 1. The lowest BCUT2D eigenvalue weighted by atomic mass is 10.0. The molecule has 3 heterocycles. The summed E-state index contributed by atoms with van der Waals surface area (Å²) in [6.07, 6.45) is 3.65. The molecule has 0 spiro atoms. The molecule has 0 bridgehead atoms. The summed E-state index contributed by atoms with van der Waals surface area (Å²) >= 11 is 1.59. The molecule has 2 aromatic heterocycles. The van der Waals surface area contributed by atoms with Crippen LogP contribution >= 0.6 is 23.7 Å². The molecule has 1 aliphatic rings. The zero-order valence-electron chi connectivity index (χ0n) is 13.6. The second-order valence-corrected chi connectivity index (χ2v) is 6.66. The van der Waals surface area contributed by atoms with Crippen LogP contribution in [0.4, 0.5) is 0 Å². The van der Waals surface area contributed by atoms with Crippen LogP contribution in [0.1, 0.15) is 40.4 Å². The summed E-state index contributed by atoms with van der Waals surface area (Å²) in [6.45, 7) is 4.08. The van der Waals surface area contributed by atoms with Gasteiger partial charge in [-0.25, -0.2) is 0 Å². The first-order valence-electron chi connectivity index (χ1n) is 7.88. The first-order valence-corrected chi connectivity index (χ1v) is 8.83. The number of amides is 1. The highest BCUT2D eigenvalue weighted by atomic mass is 35.5. The summed E-state index contributed by atoms with van der Waals surface area (Å²) in [5.74, 6) is -0.290. The highest BCUT2D eigenvalue weighted by molar-refractivity contribution is 7.07. The molecule has 24 heavy (non-hydrogen) atoms. The lowest BCUT2D eigenvalue weighted by molar-refractivity contribution is 0.0948. The van der Waals surface area contributed by atoms with Gasteiger partial charge in [-0.05, 0) is 66.9 Å². The van der Waals surface area contributed by atoms with E-state index in [4.69, 9.17) is 0 Å². The fourth-order valence-electron chi connectivity index (χ4n) is 2.95. The topological polar surface area (TPSA) is 63.1 Å². The number of pyridine rings is 1. The Balaban J connectivity index is 0.00000208. The van der Waals surface area contributed by atoms with Gasteiger partial charge in [-0.3, -0.25) is 9.59 Å². The maximum Gasteiger partial charge on any atom is 0.263 e. The standard InChI is InChI=1S/C17H21N3O2S.ClH/c1-12-4-8-20(14-2-6-18-7-3-14)17(22)15(12)16(21)19-10-13-5-9-23-11-13;/h4-5,8-9,11,14,18H,2-3,6-7,10H2,1H3,(H,19,21);1H. The maximum absolute atomic E-state index is 12.8. The van der Waals surface area contributed by atoms with Crippen molar-refractivity contribution in [1.82, 2.24) is 15.2 Å². The van der Waals surface area contributed by atoms with Crippen molar-refractivity contribution in [1.29, 1.82) is 0 Å². The molecule has 1 saturated heterocycles. The highest BCUT2D eigenvalue weighted by Gasteiger charge is 2.21. The third-order valence-electron chi connectivity index (χ3n) is 4.29. The average Bonchev–Trinajstić information content (AvgIpc) is 3.07. The van der Waals surface area contributed by atoms with Gasteiger partial charge in [0.25, 0.3) is 11.5 Å². The fraction of sp³-hybridized carbons (Fsp3) is 0.412. The summed E-state index contributed by atoms with van der Waals surface area (Å²) < 4.78 is 1.73. The summed E-state index contributed by atoms with van der Waals surface area (Å²) in [4.78, 5) is 25.3. The number of thiophene rings is 1. The Morgan fingerprint density at radius 2 is 2.12 bits per heavy atom. The van der Waals surface area contributed by atoms with E-state index in [1.165, 1.54) is 0 Å². The van der Waals surface area contributed by atoms with Crippen molar-refractivity contribution in [2.24, 2.45) is 0 Å². The molecule has 0 aliphatic carbocycles. The van der Waals surface area contributed by atoms with Gasteiger partial charge < -0.3 is 15.2 Å². The molecule has 3 rings (SSSR count). The predicted molar refractivity (Wildman–Crippen MR) is 99.3 cm³/mol. The van der Waals surface area contributed by atoms with Crippen molar-refractivity contribution in [2.75, 3.05) is 13.1 Å². The Kier molecular flexibility index (Phi) is 6.60. The van der Waals surface area contributed by atoms with Crippen LogP contribution in [-0.2, 0) is 6.54 Å². The van der Waals surface area contributed by atoms with Crippen molar-refractivity contribution in [3.8, 4) is 0 Å². The number of halogens is 1. The van der Waals surface area contributed by atoms with E-state index in [1.54, 1.807) is 15.9 Å². The van der Waals surface area contributed by atoms with E-state index >= 15 is 0 Å². The molecule has 2 aromatic rings. The van der Waals surface area contributed by atoms with E-state index in [-0.39, 0.29) is 35.5 Å². The van der Waals surface area contributed by atoms with Crippen LogP contribution in [0, 0.1) is 6.92 Å². The molecule has 0 atom stereocenters. The van der Waals surface area contributed by atoms with Gasteiger partial charge in [0, 0.05) is 18.8 Å². The number of carbonyl (C=O) groups excluding carboxylic acids is 1. The van der Waals surface area contributed by atoms with Gasteiger partial charge in [0.1, 0.15) is 5.56 Å². The zero-order valence-corrected chi connectivity index (χ0v) is 15.2. The van der Waals surface area contributed by atoms with Crippen molar-refractivity contribution < 1.29 is 4.79 Å². The number of nitrogens with one attached hydrogen (secondary N) is 2. The number of nitrogens with zero attached hydrogens (tertiary/aromatic N) is 1. The molecule has 7 heteroatoms. The first-order chi connectivity index (χ1) is 11.2. The van der Waals surface area contributed by atoms with E-state index in [0.717, 1.165) is 37.1 Å². The molecule has 1 amide bonds. The molecule has 0 saturated carbocycles. The summed E-state index contributed by atoms with van der Waals surface area (Å²) in [7, 11) is 0. The number of carbonyl (C=O) groups is 1. The van der Waals surface area contributed by atoms with Gasteiger partial charge in [-0.1, -0.05) is 0 Å². The van der Waals surface area contributed by atoms with Crippen molar-refractivity contribution >= 4 is 29.7 Å². The minimum Gasteiger partial charge on any atom is -0.348 e. The van der Waals surface area contributed by atoms with Gasteiger partial charge in [-0.2, -0.15) is 11.3 Å². The molecular weight excluding hydrogens is 346 g/mol. The number of hydrogen-bond acceptors (Lipinski definition) is 4. The fourth-order valence-corrected chi connectivity index (χ4v) is 3.62. The quantitative estimate of drug-likeness (QED) is 0.872. The van der Waals surface area contributed by atoms with Crippen molar-refractivity contribution in [3.63, 3.8) is 0 Å². The predicted octanol–water partition coefficient (Wildman–Crippen LogP) is 2.49. The Bertz CT molecular complexity index is 737. The lowest BCUT2D eigenvalue weighted by Gasteiger charge is -2.25. The normalized spacial score (nSPS) is 14.9. The minimum absolute atomic E-state index is 0. The second-order valence-electron chi connectivity index (χ2n) is 5.88. The van der Waals surface area contributed by atoms with Gasteiger partial charge in [0.2, 0.25) is 0 Å². The van der Waals surface area contributed by atoms with Crippen LogP contribution in [0.25, 0.3) is 0 Å². The van der Waals surface area contributed by atoms with Gasteiger partial charge in [-0.15, -0.1) is 12.4 Å². The first kappa shape index (κ1) is 18.7. The summed E-state index contributed by atoms with van der Waals surface area (Å²) in [5.41, 5.74) is 1.86. The molecule has 1 fully saturated rings. The molecule has 130 valence electrons. The summed E-state index contributed by atoms with van der Waals surface area (Å²) in [5, 5.41) is 10.1. The van der Waals surface area contributed by atoms with Crippen LogP contribution < -0.4 is 16.2 Å². The Hall–Kier alpha value is -1.63. The molecule has 2 N–H and O–H groups in total. The zero-order chi connectivity index (χ0) is 16.2. The Morgan fingerprint density at radius 1 is 1.38 bits per heavy atom. The third kappa shape index (κ3) is 4.06. The van der Waals surface area contributed by atoms with Gasteiger partial charge in [0.15, 0.2) is 0 Å². The van der Waals surface area contributed by atoms with Gasteiger partial charge in [0.05, 0.1) is 0 Å². The van der Waals surface area contributed by atoms with E-state index in [2.05, 4.69) is 10.6 Å². The molecule has 0 radical (unpaired) electrons. The monoisotopic (exact) mass is 367 g/mol. The molecular formula is C17H22ClN3O2S. The molecule has 0 aromatic carbocycles. The number of piperidine rings is 1. The minimum atomic E-state index is -0.290. The second kappa shape index (κ2) is 8.46. The average molecular weight is 368 g/mol. The lowest BCUT2D eigenvalue weighted by Crippen LogP contribution is -2.38. The van der Waals surface area contributed by atoms with E-state index in [1.807, 2.05) is 36.0 Å². The number of aromatic nitrogens is 1. The molecule has 1 aliphatic heterocycles. The van der Waals surface area contributed by atoms with Gasteiger partial charge >= 0.3 is 0 Å². The molecule has 0 unspecified atom stereocenters. The Morgan fingerprint density at radius 3 is 2.79 bits per heavy atom. The van der Waals surface area contributed by atoms with Crippen LogP contribution in [-0.4, -0.2) is 23.6 Å². The number of hydrogen-bond donors (Lipinski definition) is 2. The smallest absolute Gasteiger partial charge is 0.263 e. The SMILES string of the molecule is Cc1ccn(C2CCNCC2)c(=O)c1C(=O)NCc1ccsc1.Cl. The van der Waals surface area contributed by atoms with Crippen LogP contribution in [0.3, 0.4) is 0 Å². The van der Waals surface area contributed by atoms with Crippen LogP contribution in [0.5, 0.6) is 0 Å². The number of rotatable bonds is 4. The van der Waals surface area contributed by atoms with E-state index in [0.29, 0.717) is 6.54 Å². The van der Waals surface area contributed by atoms with Crippen molar-refractivity contribution in [2.45, 2.75) is 32.4 Å². The molecule has 5 nitrogen and oxygen atoms in total. The van der Waals surface area contributed by atoms with E-state index in [9.17, 15) is 9.59 Å². The Labute approximate surface area is 151 Å². The third-order valence-corrected chi connectivity index (χ3v) is 5.02. The van der Waals surface area contributed by atoms with Crippen LogP contribution in [0.2, 0.25) is 0 Å². The van der Waals surface area contributed by atoms with E-state index < -0.39 is 0 Å². The van der Waals surface area contributed by atoms with Crippen LogP contribution in [0.15, 0.2) is 33.9 Å². The van der Waals surface area contributed by atoms with Crippen molar-refractivity contribution in [3.05, 3.63) is 56.1 Å².